The van der Waals surface area contributed by atoms with E-state index in [0.717, 1.165) is 0 Å². The number of ether oxygens (including phenoxy) is 1. The van der Waals surface area contributed by atoms with Crippen LogP contribution in [0, 0.1) is 0 Å². The van der Waals surface area contributed by atoms with Crippen molar-refractivity contribution in [2.24, 2.45) is 5.73 Å². The number of hydrogen-bond acceptors (Lipinski definition) is 6. The van der Waals surface area contributed by atoms with Crippen molar-refractivity contribution in [1.29, 1.82) is 0 Å². The van der Waals surface area contributed by atoms with Crippen LogP contribution in [0.3, 0.4) is 0 Å². The van der Waals surface area contributed by atoms with Crippen LogP contribution in [-0.4, -0.2) is 40.7 Å². The monoisotopic (exact) mass is 285 g/mol. The summed E-state index contributed by atoms with van der Waals surface area (Å²) in [5, 5.41) is 13.4. The zero-order valence-electron chi connectivity index (χ0n) is 10.2. The summed E-state index contributed by atoms with van der Waals surface area (Å²) in [5.41, 5.74) is 5.11. The standard InChI is InChI=1S/C11H15N3O4S/c12-11(1-3-18-4-2-11)10(17)13-5-8-14-7(6-19-8)9(15)16/h6H,1-5,12H2,(H,13,17)(H,15,16). The van der Waals surface area contributed by atoms with E-state index in [1.165, 1.54) is 16.7 Å². The Morgan fingerprint density at radius 3 is 2.79 bits per heavy atom. The number of carbonyl (C=O) groups is 2. The Hall–Kier alpha value is -1.51. The first-order chi connectivity index (χ1) is 9.01. The third kappa shape index (κ3) is 3.28. The summed E-state index contributed by atoms with van der Waals surface area (Å²) >= 11 is 1.19. The van der Waals surface area contributed by atoms with Gasteiger partial charge < -0.3 is 20.9 Å². The van der Waals surface area contributed by atoms with E-state index in [1.807, 2.05) is 0 Å². The number of amides is 1. The van der Waals surface area contributed by atoms with E-state index in [-0.39, 0.29) is 18.1 Å². The number of nitrogens with zero attached hydrogens (tertiary/aromatic N) is 1. The highest BCUT2D eigenvalue weighted by molar-refractivity contribution is 7.09. The minimum atomic E-state index is -1.08. The second kappa shape index (κ2) is 5.64. The smallest absolute Gasteiger partial charge is 0.355 e. The first kappa shape index (κ1) is 13.9. The number of hydrogen-bond donors (Lipinski definition) is 3. The molecule has 1 saturated heterocycles. The molecule has 0 aromatic carbocycles. The molecule has 2 rings (SSSR count). The molecule has 1 fully saturated rings. The normalized spacial score (nSPS) is 17.9. The first-order valence-corrected chi connectivity index (χ1v) is 6.72. The fourth-order valence-corrected chi connectivity index (χ4v) is 2.49. The molecular formula is C11H15N3O4S. The van der Waals surface area contributed by atoms with E-state index in [2.05, 4.69) is 10.3 Å². The maximum absolute atomic E-state index is 12.0. The van der Waals surface area contributed by atoms with Crippen molar-refractivity contribution in [2.45, 2.75) is 24.9 Å². The second-order valence-electron chi connectivity index (χ2n) is 4.38. The number of aromatic nitrogens is 1. The second-order valence-corrected chi connectivity index (χ2v) is 5.33. The maximum Gasteiger partial charge on any atom is 0.355 e. The van der Waals surface area contributed by atoms with Gasteiger partial charge in [0, 0.05) is 18.6 Å². The molecule has 2 heterocycles. The largest absolute Gasteiger partial charge is 0.476 e. The molecule has 19 heavy (non-hydrogen) atoms. The van der Waals surface area contributed by atoms with Gasteiger partial charge in [-0.05, 0) is 12.8 Å². The predicted molar refractivity (Wildman–Crippen MR) is 67.9 cm³/mol. The molecule has 0 bridgehead atoms. The van der Waals surface area contributed by atoms with Gasteiger partial charge >= 0.3 is 5.97 Å². The van der Waals surface area contributed by atoms with Crippen LogP contribution in [0.4, 0.5) is 0 Å². The van der Waals surface area contributed by atoms with Gasteiger partial charge in [0.2, 0.25) is 5.91 Å². The van der Waals surface area contributed by atoms with E-state index in [1.54, 1.807) is 0 Å². The van der Waals surface area contributed by atoms with Crippen molar-refractivity contribution >= 4 is 23.2 Å². The lowest BCUT2D eigenvalue weighted by Crippen LogP contribution is -2.56. The van der Waals surface area contributed by atoms with Crippen molar-refractivity contribution in [3.05, 3.63) is 16.1 Å². The molecule has 7 nitrogen and oxygen atoms in total. The SMILES string of the molecule is NC1(C(=O)NCc2nc(C(=O)O)cs2)CCOCC1. The number of rotatable bonds is 4. The van der Waals surface area contributed by atoms with Gasteiger partial charge in [-0.1, -0.05) is 0 Å². The quantitative estimate of drug-likeness (QED) is 0.715. The minimum absolute atomic E-state index is 0.0113. The molecule has 0 atom stereocenters. The molecule has 1 aromatic heterocycles. The molecule has 0 unspecified atom stereocenters. The lowest BCUT2D eigenvalue weighted by Gasteiger charge is -2.31. The average Bonchev–Trinajstić information content (AvgIpc) is 2.85. The van der Waals surface area contributed by atoms with E-state index in [4.69, 9.17) is 15.6 Å². The fourth-order valence-electron chi connectivity index (χ4n) is 1.78. The zero-order chi connectivity index (χ0) is 13.9. The van der Waals surface area contributed by atoms with Gasteiger partial charge in [-0.3, -0.25) is 4.79 Å². The Bertz CT molecular complexity index is 482. The van der Waals surface area contributed by atoms with Gasteiger partial charge in [0.15, 0.2) is 5.69 Å². The summed E-state index contributed by atoms with van der Waals surface area (Å²) in [7, 11) is 0. The molecule has 0 aliphatic carbocycles. The van der Waals surface area contributed by atoms with Gasteiger partial charge in [0.25, 0.3) is 0 Å². The van der Waals surface area contributed by atoms with Crippen molar-refractivity contribution < 1.29 is 19.4 Å². The predicted octanol–water partition coefficient (Wildman–Crippen LogP) is -0.0346. The van der Waals surface area contributed by atoms with Crippen LogP contribution in [-0.2, 0) is 16.1 Å². The summed E-state index contributed by atoms with van der Waals surface area (Å²) in [6.45, 7) is 1.14. The fraction of sp³-hybridized carbons (Fsp3) is 0.545. The maximum atomic E-state index is 12.0. The van der Waals surface area contributed by atoms with Crippen molar-refractivity contribution in [3.63, 3.8) is 0 Å². The third-order valence-electron chi connectivity index (χ3n) is 3.01. The molecule has 0 spiro atoms. The van der Waals surface area contributed by atoms with Crippen LogP contribution in [0.5, 0.6) is 0 Å². The highest BCUT2D eigenvalue weighted by atomic mass is 32.1. The summed E-state index contributed by atoms with van der Waals surface area (Å²) in [5.74, 6) is -1.32. The zero-order valence-corrected chi connectivity index (χ0v) is 11.0. The van der Waals surface area contributed by atoms with Crippen LogP contribution >= 0.6 is 11.3 Å². The van der Waals surface area contributed by atoms with Crippen LogP contribution in [0.15, 0.2) is 5.38 Å². The molecule has 4 N–H and O–H groups in total. The lowest BCUT2D eigenvalue weighted by atomic mass is 9.90. The Kier molecular flexibility index (Phi) is 4.13. The highest BCUT2D eigenvalue weighted by Crippen LogP contribution is 2.18. The number of carboxylic acids is 1. The molecule has 8 heteroatoms. The van der Waals surface area contributed by atoms with Gasteiger partial charge in [-0.2, -0.15) is 0 Å². The van der Waals surface area contributed by atoms with Crippen LogP contribution < -0.4 is 11.1 Å². The van der Waals surface area contributed by atoms with Crippen molar-refractivity contribution in [3.8, 4) is 0 Å². The highest BCUT2D eigenvalue weighted by Gasteiger charge is 2.35. The molecule has 104 valence electrons. The topological polar surface area (TPSA) is 115 Å². The number of carbonyl (C=O) groups excluding carboxylic acids is 1. The van der Waals surface area contributed by atoms with E-state index >= 15 is 0 Å². The van der Waals surface area contributed by atoms with E-state index < -0.39 is 11.5 Å². The average molecular weight is 285 g/mol. The Morgan fingerprint density at radius 2 is 2.21 bits per heavy atom. The van der Waals surface area contributed by atoms with Gasteiger partial charge in [0.1, 0.15) is 5.01 Å². The summed E-state index contributed by atoms with van der Waals surface area (Å²) < 4.78 is 5.17. The van der Waals surface area contributed by atoms with Crippen molar-refractivity contribution in [1.82, 2.24) is 10.3 Å². The molecule has 0 radical (unpaired) electrons. The van der Waals surface area contributed by atoms with Gasteiger partial charge in [-0.15, -0.1) is 11.3 Å². The first-order valence-electron chi connectivity index (χ1n) is 5.84. The molecule has 1 aliphatic rings. The van der Waals surface area contributed by atoms with Crippen LogP contribution in [0.2, 0.25) is 0 Å². The lowest BCUT2D eigenvalue weighted by molar-refractivity contribution is -0.129. The Labute approximate surface area is 113 Å². The number of aromatic carboxylic acids is 1. The number of nitrogens with one attached hydrogen (secondary N) is 1. The van der Waals surface area contributed by atoms with E-state index in [0.29, 0.717) is 31.1 Å². The Balaban J connectivity index is 1.90. The van der Waals surface area contributed by atoms with Crippen LogP contribution in [0.1, 0.15) is 28.3 Å². The van der Waals surface area contributed by atoms with E-state index in [9.17, 15) is 9.59 Å². The number of nitrogens with two attached hydrogens (primary N) is 1. The Morgan fingerprint density at radius 1 is 1.53 bits per heavy atom. The van der Waals surface area contributed by atoms with Crippen LogP contribution in [0.25, 0.3) is 0 Å². The molecule has 1 aliphatic heterocycles. The van der Waals surface area contributed by atoms with Crippen molar-refractivity contribution in [2.75, 3.05) is 13.2 Å². The third-order valence-corrected chi connectivity index (χ3v) is 3.86. The minimum Gasteiger partial charge on any atom is -0.476 e. The number of carboxylic acid groups (broad SMARTS) is 1. The molecular weight excluding hydrogens is 270 g/mol. The number of thiazole rings is 1. The van der Waals surface area contributed by atoms with Gasteiger partial charge in [0.05, 0.1) is 12.1 Å². The molecule has 1 aromatic rings. The molecule has 0 saturated carbocycles. The molecule has 1 amide bonds. The summed E-state index contributed by atoms with van der Waals surface area (Å²) in [4.78, 5) is 26.6. The summed E-state index contributed by atoms with van der Waals surface area (Å²) in [6.07, 6.45) is 0.966. The summed E-state index contributed by atoms with van der Waals surface area (Å²) in [6, 6.07) is 0. The van der Waals surface area contributed by atoms with Gasteiger partial charge in [-0.25, -0.2) is 9.78 Å².